The van der Waals surface area contributed by atoms with Gasteiger partial charge in [0.2, 0.25) is 0 Å². The van der Waals surface area contributed by atoms with E-state index in [0.717, 1.165) is 10.4 Å². The third kappa shape index (κ3) is 2.93. The minimum atomic E-state index is -3.24. The van der Waals surface area contributed by atoms with E-state index in [9.17, 15) is 4.57 Å². The van der Waals surface area contributed by atoms with Crippen molar-refractivity contribution in [3.8, 4) is 0 Å². The molecule has 1 rings (SSSR count). The molecular weight excluding hydrogens is 245 g/mol. The van der Waals surface area contributed by atoms with Gasteiger partial charge in [0.15, 0.2) is 0 Å². The summed E-state index contributed by atoms with van der Waals surface area (Å²) in [5.74, 6) is -0.688. The van der Waals surface area contributed by atoms with Gasteiger partial charge in [0.1, 0.15) is 5.78 Å². The Labute approximate surface area is 100 Å². The zero-order chi connectivity index (χ0) is 12.2. The third-order valence-corrected chi connectivity index (χ3v) is 5.58. The number of rotatable bonds is 6. The zero-order valence-electron chi connectivity index (χ0n) is 9.80. The van der Waals surface area contributed by atoms with Gasteiger partial charge < -0.3 is 14.8 Å². The van der Waals surface area contributed by atoms with Gasteiger partial charge in [0.25, 0.3) is 0 Å². The lowest BCUT2D eigenvalue weighted by Gasteiger charge is -2.22. The summed E-state index contributed by atoms with van der Waals surface area (Å²) in [4.78, 5) is 0.866. The van der Waals surface area contributed by atoms with Gasteiger partial charge in [0, 0.05) is 4.88 Å². The molecule has 1 aromatic rings. The summed E-state index contributed by atoms with van der Waals surface area (Å²) >= 11 is 1.48. The van der Waals surface area contributed by atoms with E-state index in [4.69, 9.17) is 14.8 Å². The molecule has 0 fully saturated rings. The Morgan fingerprint density at radius 2 is 2.00 bits per heavy atom. The first-order chi connectivity index (χ1) is 7.55. The van der Waals surface area contributed by atoms with Crippen LogP contribution < -0.4 is 5.73 Å². The molecule has 6 heteroatoms. The Morgan fingerprint density at radius 3 is 2.38 bits per heavy atom. The molecule has 0 unspecified atom stereocenters. The van der Waals surface area contributed by atoms with Gasteiger partial charge in [-0.05, 0) is 37.8 Å². The highest BCUT2D eigenvalue weighted by Gasteiger charge is 2.35. The van der Waals surface area contributed by atoms with Gasteiger partial charge >= 0.3 is 7.60 Å². The lowest BCUT2D eigenvalue weighted by molar-refractivity contribution is 0.212. The first-order valence-electron chi connectivity index (χ1n) is 5.23. The van der Waals surface area contributed by atoms with Gasteiger partial charge in [0.05, 0.1) is 13.2 Å². The molecule has 0 aliphatic carbocycles. The van der Waals surface area contributed by atoms with Crippen molar-refractivity contribution in [2.24, 2.45) is 5.73 Å². The number of hydrogen-bond acceptors (Lipinski definition) is 5. The largest absolute Gasteiger partial charge is 0.352 e. The molecule has 92 valence electrons. The predicted octanol–water partition coefficient (Wildman–Crippen LogP) is 3.28. The number of thiophene rings is 1. The van der Waals surface area contributed by atoms with Crippen LogP contribution in [0.4, 0.5) is 0 Å². The smallest absolute Gasteiger partial charge is 0.313 e. The van der Waals surface area contributed by atoms with E-state index in [2.05, 4.69) is 0 Å². The fourth-order valence-electron chi connectivity index (χ4n) is 1.39. The van der Waals surface area contributed by atoms with Crippen LogP contribution in [0.3, 0.4) is 0 Å². The van der Waals surface area contributed by atoms with Crippen LogP contribution >= 0.6 is 18.9 Å². The SMILES string of the molecule is CCOP(=O)(OCC)[C@H](N)c1sccc1C. The fraction of sp³-hybridized carbons (Fsp3) is 0.600. The van der Waals surface area contributed by atoms with Crippen LogP contribution in [-0.2, 0) is 13.6 Å². The van der Waals surface area contributed by atoms with Crippen LogP contribution in [-0.4, -0.2) is 13.2 Å². The molecule has 0 aromatic carbocycles. The van der Waals surface area contributed by atoms with Gasteiger partial charge in [-0.15, -0.1) is 11.3 Å². The molecule has 0 radical (unpaired) electrons. The van der Waals surface area contributed by atoms with Gasteiger partial charge in [-0.3, -0.25) is 4.57 Å². The van der Waals surface area contributed by atoms with E-state index in [-0.39, 0.29) is 0 Å². The molecule has 0 saturated heterocycles. The van der Waals surface area contributed by atoms with Crippen molar-refractivity contribution in [3.05, 3.63) is 21.9 Å². The van der Waals surface area contributed by atoms with E-state index in [1.807, 2.05) is 18.4 Å². The van der Waals surface area contributed by atoms with Crippen molar-refractivity contribution in [2.75, 3.05) is 13.2 Å². The second kappa shape index (κ2) is 5.94. The third-order valence-electron chi connectivity index (χ3n) is 2.13. The fourth-order valence-corrected chi connectivity index (χ4v) is 4.38. The minimum absolute atomic E-state index is 0.329. The second-order valence-corrected chi connectivity index (χ2v) is 6.39. The standard InChI is InChI=1S/C10H18NO3PS/c1-4-13-15(12,14-5-2)10(11)9-8(3)6-7-16-9/h6-7,10H,4-5,11H2,1-3H3/t10-/m0/s1. The summed E-state index contributed by atoms with van der Waals surface area (Å²) in [6.07, 6.45) is 0. The first kappa shape index (κ1) is 13.9. The summed E-state index contributed by atoms with van der Waals surface area (Å²) < 4.78 is 22.9. The Hall–Kier alpha value is -0.190. The van der Waals surface area contributed by atoms with E-state index < -0.39 is 13.4 Å². The molecule has 16 heavy (non-hydrogen) atoms. The summed E-state index contributed by atoms with van der Waals surface area (Å²) in [5, 5.41) is 1.92. The van der Waals surface area contributed by atoms with Gasteiger partial charge in [-0.2, -0.15) is 0 Å². The van der Waals surface area contributed by atoms with E-state index in [0.29, 0.717) is 13.2 Å². The van der Waals surface area contributed by atoms with E-state index >= 15 is 0 Å². The van der Waals surface area contributed by atoms with Crippen LogP contribution in [0.5, 0.6) is 0 Å². The average Bonchev–Trinajstić information content (AvgIpc) is 2.64. The summed E-state index contributed by atoms with van der Waals surface area (Å²) in [5.41, 5.74) is 7.01. The zero-order valence-corrected chi connectivity index (χ0v) is 11.5. The highest BCUT2D eigenvalue weighted by molar-refractivity contribution is 7.54. The molecule has 1 atom stereocenters. The molecule has 0 aliphatic rings. The van der Waals surface area contributed by atoms with Crippen molar-refractivity contribution in [1.82, 2.24) is 0 Å². The number of hydrogen-bond donors (Lipinski definition) is 1. The van der Waals surface area contributed by atoms with Gasteiger partial charge in [-0.1, -0.05) is 0 Å². The van der Waals surface area contributed by atoms with Crippen molar-refractivity contribution < 1.29 is 13.6 Å². The van der Waals surface area contributed by atoms with Crippen LogP contribution in [0.25, 0.3) is 0 Å². The molecule has 1 aromatic heterocycles. The molecule has 1 heterocycles. The molecule has 2 N–H and O–H groups in total. The monoisotopic (exact) mass is 263 g/mol. The highest BCUT2D eigenvalue weighted by Crippen LogP contribution is 2.59. The Balaban J connectivity index is 2.95. The first-order valence-corrected chi connectivity index (χ1v) is 7.72. The predicted molar refractivity (Wildman–Crippen MR) is 66.8 cm³/mol. The maximum atomic E-state index is 12.4. The van der Waals surface area contributed by atoms with Crippen LogP contribution in [0.1, 0.15) is 30.1 Å². The Bertz CT molecular complexity index is 370. The van der Waals surface area contributed by atoms with Crippen LogP contribution in [0, 0.1) is 6.92 Å². The van der Waals surface area contributed by atoms with E-state index in [1.54, 1.807) is 13.8 Å². The molecule has 0 amide bonds. The number of aryl methyl sites for hydroxylation is 1. The molecule has 4 nitrogen and oxygen atoms in total. The summed E-state index contributed by atoms with van der Waals surface area (Å²) in [6, 6.07) is 1.95. The maximum absolute atomic E-state index is 12.4. The van der Waals surface area contributed by atoms with Gasteiger partial charge in [-0.25, -0.2) is 0 Å². The molecule has 0 bridgehead atoms. The summed E-state index contributed by atoms with van der Waals surface area (Å²) in [7, 11) is -3.24. The average molecular weight is 263 g/mol. The normalized spacial score (nSPS) is 14.0. The van der Waals surface area contributed by atoms with E-state index in [1.165, 1.54) is 11.3 Å². The van der Waals surface area contributed by atoms with Crippen LogP contribution in [0.15, 0.2) is 11.4 Å². The quantitative estimate of drug-likeness (QED) is 0.800. The van der Waals surface area contributed by atoms with Crippen molar-refractivity contribution >= 4 is 18.9 Å². The highest BCUT2D eigenvalue weighted by atomic mass is 32.1. The number of nitrogens with two attached hydrogens (primary N) is 1. The molecular formula is C10H18NO3PS. The Kier molecular flexibility index (Phi) is 5.15. The van der Waals surface area contributed by atoms with Crippen molar-refractivity contribution in [2.45, 2.75) is 26.6 Å². The summed E-state index contributed by atoms with van der Waals surface area (Å²) in [6.45, 7) is 6.15. The Morgan fingerprint density at radius 1 is 1.44 bits per heavy atom. The maximum Gasteiger partial charge on any atom is 0.352 e. The molecule has 0 saturated carbocycles. The topological polar surface area (TPSA) is 61.5 Å². The van der Waals surface area contributed by atoms with Crippen molar-refractivity contribution in [1.29, 1.82) is 0 Å². The lowest BCUT2D eigenvalue weighted by atomic mass is 10.3. The lowest BCUT2D eigenvalue weighted by Crippen LogP contribution is -2.14. The molecule has 0 aliphatic heterocycles. The second-order valence-electron chi connectivity index (χ2n) is 3.29. The minimum Gasteiger partial charge on any atom is -0.313 e. The van der Waals surface area contributed by atoms with Crippen LogP contribution in [0.2, 0.25) is 0 Å². The molecule has 0 spiro atoms. The van der Waals surface area contributed by atoms with Crippen molar-refractivity contribution in [3.63, 3.8) is 0 Å².